The Hall–Kier alpha value is -1.69. The Kier molecular flexibility index (Phi) is 4.54. The van der Waals surface area contributed by atoms with Gasteiger partial charge in [0.05, 0.1) is 0 Å². The molecule has 110 valence electrons. The lowest BCUT2D eigenvalue weighted by atomic mass is 10.2. The van der Waals surface area contributed by atoms with Crippen molar-refractivity contribution in [2.24, 2.45) is 0 Å². The second kappa shape index (κ2) is 6.17. The second-order valence-electron chi connectivity index (χ2n) is 5.30. The lowest BCUT2D eigenvalue weighted by Gasteiger charge is -2.27. The van der Waals surface area contributed by atoms with Gasteiger partial charge in [-0.2, -0.15) is 0 Å². The Morgan fingerprint density at radius 1 is 1.55 bits per heavy atom. The van der Waals surface area contributed by atoms with Crippen LogP contribution < -0.4 is 4.90 Å². The molecule has 6 heteroatoms. The number of aromatic carboxylic acids is 1. The molecule has 1 aromatic heterocycles. The van der Waals surface area contributed by atoms with Crippen molar-refractivity contribution >= 4 is 11.9 Å². The van der Waals surface area contributed by atoms with Crippen LogP contribution in [0.4, 0.5) is 5.95 Å². The smallest absolute Gasteiger partial charge is 0.354 e. The van der Waals surface area contributed by atoms with Gasteiger partial charge in [-0.25, -0.2) is 14.8 Å². The Balaban J connectivity index is 2.12. The average molecular weight is 278 g/mol. The average Bonchev–Trinajstić information content (AvgIpc) is 2.85. The van der Waals surface area contributed by atoms with Gasteiger partial charge < -0.3 is 10.0 Å². The van der Waals surface area contributed by atoms with Gasteiger partial charge in [0.25, 0.3) is 0 Å². The predicted octanol–water partition coefficient (Wildman–Crippen LogP) is 1.40. The van der Waals surface area contributed by atoms with Gasteiger partial charge in [-0.3, -0.25) is 4.90 Å². The summed E-state index contributed by atoms with van der Waals surface area (Å²) < 4.78 is 0. The van der Waals surface area contributed by atoms with E-state index in [1.807, 2.05) is 11.9 Å². The minimum Gasteiger partial charge on any atom is -0.477 e. The first-order valence-electron chi connectivity index (χ1n) is 7.05. The zero-order chi connectivity index (χ0) is 14.7. The van der Waals surface area contributed by atoms with Crippen LogP contribution in [0.2, 0.25) is 0 Å². The van der Waals surface area contributed by atoms with Crippen LogP contribution in [0.1, 0.15) is 35.9 Å². The molecule has 6 nitrogen and oxygen atoms in total. The Morgan fingerprint density at radius 3 is 2.95 bits per heavy atom. The molecule has 1 aliphatic heterocycles. The first-order valence-corrected chi connectivity index (χ1v) is 7.05. The first-order chi connectivity index (χ1) is 9.51. The van der Waals surface area contributed by atoms with E-state index in [1.165, 1.54) is 18.9 Å². The van der Waals surface area contributed by atoms with Crippen LogP contribution in [0.5, 0.6) is 0 Å². The van der Waals surface area contributed by atoms with E-state index in [-0.39, 0.29) is 5.69 Å². The number of aromatic nitrogens is 2. The highest BCUT2D eigenvalue weighted by Gasteiger charge is 2.25. The number of carboxylic acids is 1. The van der Waals surface area contributed by atoms with Gasteiger partial charge in [-0.1, -0.05) is 6.92 Å². The number of hydrogen-bond donors (Lipinski definition) is 1. The van der Waals surface area contributed by atoms with E-state index in [1.54, 1.807) is 6.92 Å². The fourth-order valence-corrected chi connectivity index (χ4v) is 2.75. The van der Waals surface area contributed by atoms with Crippen LogP contribution in [0.15, 0.2) is 6.07 Å². The molecule has 0 aliphatic carbocycles. The van der Waals surface area contributed by atoms with Crippen LogP contribution in [-0.4, -0.2) is 58.7 Å². The molecule has 2 heterocycles. The Morgan fingerprint density at radius 2 is 2.30 bits per heavy atom. The van der Waals surface area contributed by atoms with Crippen LogP contribution in [0, 0.1) is 6.92 Å². The van der Waals surface area contributed by atoms with E-state index in [2.05, 4.69) is 21.8 Å². The molecule has 0 spiro atoms. The number of nitrogens with zero attached hydrogens (tertiary/aromatic N) is 4. The summed E-state index contributed by atoms with van der Waals surface area (Å²) in [6, 6.07) is 2.00. The normalized spacial score (nSPS) is 19.2. The molecule has 1 saturated heterocycles. The molecule has 0 aromatic carbocycles. The maximum atomic E-state index is 11.1. The summed E-state index contributed by atoms with van der Waals surface area (Å²) >= 11 is 0. The summed E-state index contributed by atoms with van der Waals surface area (Å²) in [6.45, 7) is 6.98. The summed E-state index contributed by atoms with van der Waals surface area (Å²) in [4.78, 5) is 23.9. The van der Waals surface area contributed by atoms with Gasteiger partial charge in [0.15, 0.2) is 5.69 Å². The number of rotatable bonds is 5. The number of aryl methyl sites for hydroxylation is 1. The van der Waals surface area contributed by atoms with Crippen molar-refractivity contribution in [2.75, 3.05) is 31.6 Å². The summed E-state index contributed by atoms with van der Waals surface area (Å²) in [6.07, 6.45) is 2.40. The van der Waals surface area contributed by atoms with Crippen molar-refractivity contribution in [3.05, 3.63) is 17.5 Å². The third kappa shape index (κ3) is 3.25. The molecule has 2 rings (SSSR count). The third-order valence-electron chi connectivity index (χ3n) is 3.79. The molecule has 0 bridgehead atoms. The number of likely N-dealkylation sites (N-methyl/N-ethyl adjacent to an activating group) is 2. The molecule has 1 fully saturated rings. The van der Waals surface area contributed by atoms with Gasteiger partial charge in [0, 0.05) is 25.3 Å². The molecule has 1 aromatic rings. The van der Waals surface area contributed by atoms with E-state index in [4.69, 9.17) is 5.11 Å². The largest absolute Gasteiger partial charge is 0.477 e. The van der Waals surface area contributed by atoms with Gasteiger partial charge in [-0.15, -0.1) is 0 Å². The Bertz CT molecular complexity index is 492. The second-order valence-corrected chi connectivity index (χ2v) is 5.30. The maximum absolute atomic E-state index is 11.1. The quantitative estimate of drug-likeness (QED) is 0.878. The van der Waals surface area contributed by atoms with Gasteiger partial charge in [0.1, 0.15) is 0 Å². The minimum absolute atomic E-state index is 0.0538. The number of likely N-dealkylation sites (tertiary alicyclic amines) is 1. The maximum Gasteiger partial charge on any atom is 0.354 e. The lowest BCUT2D eigenvalue weighted by Crippen LogP contribution is -2.39. The van der Waals surface area contributed by atoms with Crippen LogP contribution in [0.25, 0.3) is 0 Å². The fraction of sp³-hybridized carbons (Fsp3) is 0.643. The highest BCUT2D eigenvalue weighted by Crippen LogP contribution is 2.19. The van der Waals surface area contributed by atoms with Crippen molar-refractivity contribution in [2.45, 2.75) is 32.7 Å². The monoisotopic (exact) mass is 278 g/mol. The zero-order valence-corrected chi connectivity index (χ0v) is 12.3. The van der Waals surface area contributed by atoms with Gasteiger partial charge >= 0.3 is 5.97 Å². The van der Waals surface area contributed by atoms with Crippen molar-refractivity contribution in [1.29, 1.82) is 0 Å². The van der Waals surface area contributed by atoms with Crippen molar-refractivity contribution in [3.63, 3.8) is 0 Å². The van der Waals surface area contributed by atoms with Gasteiger partial charge in [0.2, 0.25) is 5.95 Å². The molecular formula is C14H22N4O2. The van der Waals surface area contributed by atoms with Crippen molar-refractivity contribution < 1.29 is 9.90 Å². The molecule has 0 saturated carbocycles. The lowest BCUT2D eigenvalue weighted by molar-refractivity contribution is 0.0690. The van der Waals surface area contributed by atoms with Crippen LogP contribution in [0.3, 0.4) is 0 Å². The van der Waals surface area contributed by atoms with E-state index < -0.39 is 5.97 Å². The first kappa shape index (κ1) is 14.7. The van der Waals surface area contributed by atoms with E-state index in [9.17, 15) is 4.79 Å². The number of hydrogen-bond acceptors (Lipinski definition) is 5. The summed E-state index contributed by atoms with van der Waals surface area (Å²) in [5, 5.41) is 9.06. The predicted molar refractivity (Wildman–Crippen MR) is 77.3 cm³/mol. The summed E-state index contributed by atoms with van der Waals surface area (Å²) in [5.74, 6) is -0.522. The zero-order valence-electron chi connectivity index (χ0n) is 12.3. The van der Waals surface area contributed by atoms with Gasteiger partial charge in [-0.05, 0) is 38.9 Å². The fourth-order valence-electron chi connectivity index (χ4n) is 2.75. The van der Waals surface area contributed by atoms with Crippen molar-refractivity contribution in [3.8, 4) is 0 Å². The highest BCUT2D eigenvalue weighted by atomic mass is 16.4. The molecule has 1 N–H and O–H groups in total. The van der Waals surface area contributed by atoms with E-state index in [0.29, 0.717) is 17.7 Å². The van der Waals surface area contributed by atoms with Crippen LogP contribution >= 0.6 is 0 Å². The molecule has 1 atom stereocenters. The molecule has 1 unspecified atom stereocenters. The van der Waals surface area contributed by atoms with E-state index in [0.717, 1.165) is 19.6 Å². The van der Waals surface area contributed by atoms with E-state index >= 15 is 0 Å². The van der Waals surface area contributed by atoms with Crippen molar-refractivity contribution in [1.82, 2.24) is 14.9 Å². The third-order valence-corrected chi connectivity index (χ3v) is 3.79. The summed E-state index contributed by atoms with van der Waals surface area (Å²) in [7, 11) is 1.92. The molecule has 20 heavy (non-hydrogen) atoms. The summed E-state index contributed by atoms with van der Waals surface area (Å²) in [5.41, 5.74) is 0.733. The molecule has 0 radical (unpaired) electrons. The molecule has 1 aliphatic rings. The topological polar surface area (TPSA) is 69.6 Å². The number of anilines is 1. The SMILES string of the molecule is CCN1CCCC1CN(C)c1nc(C)cc(C(=O)O)n1. The number of carbonyl (C=O) groups is 1. The standard InChI is InChI=1S/C14H22N4O2/c1-4-18-7-5-6-11(18)9-17(3)14-15-10(2)8-12(16-14)13(19)20/h8,11H,4-7,9H2,1-3H3,(H,19,20). The van der Waals surface area contributed by atoms with Crippen LogP contribution in [-0.2, 0) is 0 Å². The molecular weight excluding hydrogens is 256 g/mol. The Labute approximate surface area is 119 Å². The minimum atomic E-state index is -1.01. The highest BCUT2D eigenvalue weighted by molar-refractivity contribution is 5.85. The number of carboxylic acid groups (broad SMARTS) is 1. The molecule has 0 amide bonds.